The minimum absolute atomic E-state index is 0.0799. The minimum atomic E-state index is -0.610. The minimum Gasteiger partial charge on any atom is -0.447 e. The van der Waals surface area contributed by atoms with Crippen LogP contribution in [0.2, 0.25) is 0 Å². The predicted octanol–water partition coefficient (Wildman–Crippen LogP) is 1.33. The van der Waals surface area contributed by atoms with Gasteiger partial charge in [-0.1, -0.05) is 0 Å². The van der Waals surface area contributed by atoms with Crippen LogP contribution in [0.1, 0.15) is 12.8 Å². The number of hydrogen-bond acceptors (Lipinski definition) is 4. The van der Waals surface area contributed by atoms with Crippen LogP contribution in [0.4, 0.5) is 16.2 Å². The van der Waals surface area contributed by atoms with Gasteiger partial charge in [-0.3, -0.25) is 4.79 Å². The van der Waals surface area contributed by atoms with E-state index in [4.69, 9.17) is 4.74 Å². The van der Waals surface area contributed by atoms with E-state index in [2.05, 4.69) is 15.5 Å². The molecule has 2 saturated heterocycles. The van der Waals surface area contributed by atoms with Crippen LogP contribution in [-0.4, -0.2) is 37.7 Å². The van der Waals surface area contributed by atoms with Crippen LogP contribution in [0, 0.1) is 0 Å². The fourth-order valence-corrected chi connectivity index (χ4v) is 2.49. The lowest BCUT2D eigenvalue weighted by Crippen LogP contribution is -2.38. The van der Waals surface area contributed by atoms with E-state index in [0.717, 1.165) is 18.8 Å². The van der Waals surface area contributed by atoms with Gasteiger partial charge < -0.3 is 20.3 Å². The first-order chi connectivity index (χ1) is 9.72. The number of carbonyl (C=O) groups excluding carboxylic acids is 2. The quantitative estimate of drug-likeness (QED) is 0.873. The summed E-state index contributed by atoms with van der Waals surface area (Å²) in [5.41, 5.74) is 1.90. The highest BCUT2D eigenvalue weighted by Crippen LogP contribution is 2.22. The van der Waals surface area contributed by atoms with Crippen LogP contribution in [-0.2, 0) is 9.53 Å². The van der Waals surface area contributed by atoms with Crippen molar-refractivity contribution in [3.8, 4) is 0 Å². The van der Waals surface area contributed by atoms with Gasteiger partial charge in [0.25, 0.3) is 5.91 Å². The van der Waals surface area contributed by atoms with Crippen molar-refractivity contribution in [2.45, 2.75) is 18.9 Å². The van der Waals surface area contributed by atoms with E-state index in [-0.39, 0.29) is 12.5 Å². The number of carbonyl (C=O) groups is 2. The SMILES string of the molecule is O=C1NC(C(=O)Nc2ccc(N3CCCC3)cc2)CO1. The smallest absolute Gasteiger partial charge is 0.407 e. The molecule has 1 aromatic rings. The van der Waals surface area contributed by atoms with Crippen LogP contribution in [0.15, 0.2) is 24.3 Å². The molecule has 2 heterocycles. The Labute approximate surface area is 117 Å². The van der Waals surface area contributed by atoms with Crippen molar-refractivity contribution >= 4 is 23.4 Å². The van der Waals surface area contributed by atoms with E-state index in [1.54, 1.807) is 0 Å². The Morgan fingerprint density at radius 3 is 2.55 bits per heavy atom. The summed E-state index contributed by atoms with van der Waals surface area (Å²) in [4.78, 5) is 25.1. The summed E-state index contributed by atoms with van der Waals surface area (Å²) in [6.07, 6.45) is 1.93. The first-order valence-electron chi connectivity index (χ1n) is 6.81. The zero-order valence-electron chi connectivity index (χ0n) is 11.1. The maximum Gasteiger partial charge on any atom is 0.407 e. The number of rotatable bonds is 3. The van der Waals surface area contributed by atoms with E-state index in [9.17, 15) is 9.59 Å². The van der Waals surface area contributed by atoms with Crippen LogP contribution < -0.4 is 15.5 Å². The molecular weight excluding hydrogens is 258 g/mol. The Balaban J connectivity index is 1.60. The van der Waals surface area contributed by atoms with Crippen LogP contribution in [0.3, 0.4) is 0 Å². The van der Waals surface area contributed by atoms with Crippen molar-refractivity contribution < 1.29 is 14.3 Å². The van der Waals surface area contributed by atoms with Gasteiger partial charge in [-0.05, 0) is 37.1 Å². The molecule has 6 nitrogen and oxygen atoms in total. The van der Waals surface area contributed by atoms with Crippen LogP contribution in [0.5, 0.6) is 0 Å². The maximum atomic E-state index is 11.9. The van der Waals surface area contributed by atoms with E-state index in [1.165, 1.54) is 18.5 Å². The molecule has 2 fully saturated rings. The monoisotopic (exact) mass is 275 g/mol. The third-order valence-corrected chi connectivity index (χ3v) is 3.60. The first-order valence-corrected chi connectivity index (χ1v) is 6.81. The van der Waals surface area contributed by atoms with E-state index >= 15 is 0 Å². The molecule has 1 atom stereocenters. The van der Waals surface area contributed by atoms with Crippen molar-refractivity contribution in [2.75, 3.05) is 29.9 Å². The Bertz CT molecular complexity index is 509. The second-order valence-corrected chi connectivity index (χ2v) is 5.03. The highest BCUT2D eigenvalue weighted by atomic mass is 16.6. The lowest BCUT2D eigenvalue weighted by Gasteiger charge is -2.18. The van der Waals surface area contributed by atoms with Gasteiger partial charge >= 0.3 is 6.09 Å². The molecule has 0 aliphatic carbocycles. The largest absolute Gasteiger partial charge is 0.447 e. The van der Waals surface area contributed by atoms with Gasteiger partial charge in [0.1, 0.15) is 12.6 Å². The highest BCUT2D eigenvalue weighted by molar-refractivity contribution is 5.97. The number of nitrogens with zero attached hydrogens (tertiary/aromatic N) is 1. The lowest BCUT2D eigenvalue weighted by molar-refractivity contribution is -0.117. The zero-order chi connectivity index (χ0) is 13.9. The third kappa shape index (κ3) is 2.68. The number of cyclic esters (lactones) is 1. The highest BCUT2D eigenvalue weighted by Gasteiger charge is 2.28. The normalized spacial score (nSPS) is 21.5. The van der Waals surface area contributed by atoms with Crippen LogP contribution >= 0.6 is 0 Å². The fourth-order valence-electron chi connectivity index (χ4n) is 2.49. The van der Waals surface area contributed by atoms with Crippen molar-refractivity contribution in [3.63, 3.8) is 0 Å². The second kappa shape index (κ2) is 5.40. The van der Waals surface area contributed by atoms with Gasteiger partial charge in [-0.15, -0.1) is 0 Å². The fraction of sp³-hybridized carbons (Fsp3) is 0.429. The summed E-state index contributed by atoms with van der Waals surface area (Å²) >= 11 is 0. The Morgan fingerprint density at radius 1 is 1.25 bits per heavy atom. The van der Waals surface area contributed by atoms with E-state index in [0.29, 0.717) is 0 Å². The molecule has 0 saturated carbocycles. The third-order valence-electron chi connectivity index (χ3n) is 3.60. The molecule has 2 aliphatic rings. The Kier molecular flexibility index (Phi) is 3.45. The molecule has 1 aromatic carbocycles. The summed E-state index contributed by atoms with van der Waals surface area (Å²) in [7, 11) is 0. The Morgan fingerprint density at radius 2 is 1.95 bits per heavy atom. The maximum absolute atomic E-state index is 11.9. The van der Waals surface area contributed by atoms with Gasteiger partial charge in [-0.2, -0.15) is 0 Å². The van der Waals surface area contributed by atoms with Gasteiger partial charge in [0.05, 0.1) is 0 Å². The average Bonchev–Trinajstić information content (AvgIpc) is 3.10. The molecule has 3 rings (SSSR count). The molecule has 6 heteroatoms. The summed E-state index contributed by atoms with van der Waals surface area (Å²) in [6, 6.07) is 7.16. The number of benzene rings is 1. The molecule has 20 heavy (non-hydrogen) atoms. The molecule has 0 spiro atoms. The number of alkyl carbamates (subject to hydrolysis) is 1. The van der Waals surface area contributed by atoms with Gasteiger partial charge in [0, 0.05) is 24.5 Å². The standard InChI is InChI=1S/C14H17N3O3/c18-13(12-9-20-14(19)16-12)15-10-3-5-11(6-4-10)17-7-1-2-8-17/h3-6,12H,1-2,7-9H2,(H,15,18)(H,16,19). The molecule has 2 amide bonds. The number of nitrogens with one attached hydrogen (secondary N) is 2. The average molecular weight is 275 g/mol. The van der Waals surface area contributed by atoms with Crippen molar-refractivity contribution in [3.05, 3.63) is 24.3 Å². The number of ether oxygens (including phenoxy) is 1. The molecular formula is C14H17N3O3. The Hall–Kier alpha value is -2.24. The van der Waals surface area contributed by atoms with Gasteiger partial charge in [-0.25, -0.2) is 4.79 Å². The zero-order valence-corrected chi connectivity index (χ0v) is 11.1. The molecule has 0 radical (unpaired) electrons. The molecule has 1 unspecified atom stereocenters. The molecule has 0 aromatic heterocycles. The molecule has 106 valence electrons. The number of amides is 2. The number of hydrogen-bond donors (Lipinski definition) is 2. The predicted molar refractivity (Wildman–Crippen MR) is 74.8 cm³/mol. The van der Waals surface area contributed by atoms with E-state index < -0.39 is 12.1 Å². The summed E-state index contributed by atoms with van der Waals surface area (Å²) in [5, 5.41) is 5.22. The second-order valence-electron chi connectivity index (χ2n) is 5.03. The lowest BCUT2D eigenvalue weighted by atomic mass is 10.2. The van der Waals surface area contributed by atoms with Crippen molar-refractivity contribution in [1.29, 1.82) is 0 Å². The summed E-state index contributed by atoms with van der Waals surface area (Å²) < 4.78 is 4.69. The van der Waals surface area contributed by atoms with Crippen LogP contribution in [0.25, 0.3) is 0 Å². The summed E-state index contributed by atoms with van der Waals surface area (Å²) in [6.45, 7) is 2.27. The van der Waals surface area contributed by atoms with Gasteiger partial charge in [0.2, 0.25) is 0 Å². The first kappa shape index (κ1) is 12.8. The number of anilines is 2. The molecule has 2 N–H and O–H groups in total. The van der Waals surface area contributed by atoms with Crippen molar-refractivity contribution in [2.24, 2.45) is 0 Å². The summed E-state index contributed by atoms with van der Waals surface area (Å²) in [5.74, 6) is -0.259. The molecule has 2 aliphatic heterocycles. The molecule has 0 bridgehead atoms. The van der Waals surface area contributed by atoms with E-state index in [1.807, 2.05) is 24.3 Å². The van der Waals surface area contributed by atoms with Crippen molar-refractivity contribution in [1.82, 2.24) is 5.32 Å². The topological polar surface area (TPSA) is 70.7 Å². The van der Waals surface area contributed by atoms with Gasteiger partial charge in [0.15, 0.2) is 0 Å².